The summed E-state index contributed by atoms with van der Waals surface area (Å²) in [6.07, 6.45) is 1.87. The Labute approximate surface area is 142 Å². The Balaban J connectivity index is 1.93. The maximum absolute atomic E-state index is 12.5. The number of hydrogen-bond acceptors (Lipinski definition) is 5. The lowest BCUT2D eigenvalue weighted by Crippen LogP contribution is -2.42. The van der Waals surface area contributed by atoms with Crippen LogP contribution in [0.3, 0.4) is 0 Å². The van der Waals surface area contributed by atoms with Crippen LogP contribution < -0.4 is 0 Å². The van der Waals surface area contributed by atoms with Gasteiger partial charge < -0.3 is 14.2 Å². The highest BCUT2D eigenvalue weighted by molar-refractivity contribution is 9.10. The fourth-order valence-corrected chi connectivity index (χ4v) is 3.10. The number of carbonyl (C=O) groups excluding carboxylic acids is 1. The van der Waals surface area contributed by atoms with Crippen molar-refractivity contribution >= 4 is 22.0 Å². The van der Waals surface area contributed by atoms with Crippen molar-refractivity contribution in [1.29, 1.82) is 0 Å². The summed E-state index contributed by atoms with van der Waals surface area (Å²) in [7, 11) is 0. The molecule has 1 aliphatic heterocycles. The molecule has 0 aliphatic carbocycles. The maximum Gasteiger partial charge on any atom is 0.410 e. The summed E-state index contributed by atoms with van der Waals surface area (Å²) < 4.78 is 11.2. The number of ether oxygens (including phenoxy) is 1. The minimum Gasteiger partial charge on any atom is -0.444 e. The summed E-state index contributed by atoms with van der Waals surface area (Å²) >= 11 is 3.41. The van der Waals surface area contributed by atoms with E-state index in [-0.39, 0.29) is 12.1 Å². The van der Waals surface area contributed by atoms with Gasteiger partial charge in [0.05, 0.1) is 21.9 Å². The predicted octanol–water partition coefficient (Wildman–Crippen LogP) is 3.68. The Kier molecular flexibility index (Phi) is 3.95. The van der Waals surface area contributed by atoms with E-state index in [1.165, 1.54) is 6.26 Å². The second-order valence-electron chi connectivity index (χ2n) is 6.57. The van der Waals surface area contributed by atoms with E-state index in [0.29, 0.717) is 18.7 Å². The van der Waals surface area contributed by atoms with Gasteiger partial charge in [-0.3, -0.25) is 5.10 Å². The van der Waals surface area contributed by atoms with Crippen LogP contribution in [0.5, 0.6) is 0 Å². The lowest BCUT2D eigenvalue weighted by atomic mass is 9.97. The summed E-state index contributed by atoms with van der Waals surface area (Å²) in [5.74, 6) is 0. The average Bonchev–Trinajstić information content (AvgIpc) is 3.03. The monoisotopic (exact) mass is 382 g/mol. The average molecular weight is 383 g/mol. The number of amides is 1. The molecule has 0 aromatic carbocycles. The SMILES string of the molecule is C[C@@H]1c2c(n[nH]c2-c2nocc2Br)CCN1C(=O)OC(C)(C)C. The first kappa shape index (κ1) is 16.0. The summed E-state index contributed by atoms with van der Waals surface area (Å²) in [5.41, 5.74) is 2.79. The van der Waals surface area contributed by atoms with Crippen LogP contribution in [0, 0.1) is 0 Å². The molecule has 0 saturated carbocycles. The third-order valence-electron chi connectivity index (χ3n) is 3.75. The largest absolute Gasteiger partial charge is 0.444 e. The number of nitrogens with zero attached hydrogens (tertiary/aromatic N) is 3. The van der Waals surface area contributed by atoms with E-state index < -0.39 is 5.60 Å². The zero-order valence-corrected chi connectivity index (χ0v) is 15.1. The molecule has 0 bridgehead atoms. The van der Waals surface area contributed by atoms with Gasteiger partial charge in [-0.2, -0.15) is 5.10 Å². The van der Waals surface area contributed by atoms with Crippen molar-refractivity contribution < 1.29 is 14.1 Å². The van der Waals surface area contributed by atoms with Gasteiger partial charge in [0.1, 0.15) is 17.6 Å². The number of fused-ring (bicyclic) bond motifs is 1. The standard InChI is InChI=1S/C15H19BrN4O3/c1-8-11-10(5-6-20(8)14(21)23-15(2,3)4)17-18-13(11)12-9(16)7-22-19-12/h7-8H,5-6H2,1-4H3,(H,17,18)/t8-/m1/s1. The highest BCUT2D eigenvalue weighted by Crippen LogP contribution is 2.38. The van der Waals surface area contributed by atoms with E-state index in [4.69, 9.17) is 9.26 Å². The van der Waals surface area contributed by atoms with Crippen LogP contribution in [-0.2, 0) is 11.2 Å². The molecular weight excluding hydrogens is 364 g/mol. The zero-order chi connectivity index (χ0) is 16.8. The lowest BCUT2D eigenvalue weighted by Gasteiger charge is -2.34. The second-order valence-corrected chi connectivity index (χ2v) is 7.42. The fourth-order valence-electron chi connectivity index (χ4n) is 2.74. The highest BCUT2D eigenvalue weighted by Gasteiger charge is 2.35. The summed E-state index contributed by atoms with van der Waals surface area (Å²) in [6.45, 7) is 8.13. The minimum atomic E-state index is -0.522. The number of halogens is 1. The van der Waals surface area contributed by atoms with E-state index in [1.807, 2.05) is 27.7 Å². The summed E-state index contributed by atoms with van der Waals surface area (Å²) in [6, 6.07) is -0.161. The normalized spacial score (nSPS) is 18.0. The van der Waals surface area contributed by atoms with Gasteiger partial charge >= 0.3 is 6.09 Å². The van der Waals surface area contributed by atoms with Crippen molar-refractivity contribution in [3.05, 3.63) is 22.0 Å². The van der Waals surface area contributed by atoms with Gasteiger partial charge in [-0.25, -0.2) is 4.79 Å². The van der Waals surface area contributed by atoms with Crippen molar-refractivity contribution in [3.63, 3.8) is 0 Å². The number of rotatable bonds is 1. The molecule has 8 heteroatoms. The van der Waals surface area contributed by atoms with Gasteiger partial charge in [-0.15, -0.1) is 0 Å². The third kappa shape index (κ3) is 2.99. The number of H-pyrrole nitrogens is 1. The van der Waals surface area contributed by atoms with Crippen molar-refractivity contribution in [2.45, 2.75) is 45.8 Å². The molecule has 0 unspecified atom stereocenters. The van der Waals surface area contributed by atoms with E-state index >= 15 is 0 Å². The topological polar surface area (TPSA) is 84.3 Å². The Morgan fingerprint density at radius 2 is 2.26 bits per heavy atom. The quantitative estimate of drug-likeness (QED) is 0.812. The molecule has 3 rings (SSSR count). The van der Waals surface area contributed by atoms with Gasteiger partial charge in [-0.1, -0.05) is 5.16 Å². The fraction of sp³-hybridized carbons (Fsp3) is 0.533. The molecule has 1 atom stereocenters. The molecule has 0 saturated heterocycles. The molecule has 2 aromatic rings. The van der Waals surface area contributed by atoms with Crippen LogP contribution in [0.1, 0.15) is 45.0 Å². The highest BCUT2D eigenvalue weighted by atomic mass is 79.9. The summed E-state index contributed by atoms with van der Waals surface area (Å²) in [4.78, 5) is 14.2. The molecule has 1 aliphatic rings. The molecule has 124 valence electrons. The van der Waals surface area contributed by atoms with Crippen LogP contribution in [0.2, 0.25) is 0 Å². The Hall–Kier alpha value is -1.83. The number of aromatic nitrogens is 3. The Morgan fingerprint density at radius 1 is 1.52 bits per heavy atom. The van der Waals surface area contributed by atoms with E-state index in [2.05, 4.69) is 31.3 Å². The number of nitrogens with one attached hydrogen (secondary N) is 1. The van der Waals surface area contributed by atoms with Crippen LogP contribution in [0.25, 0.3) is 11.4 Å². The molecule has 0 spiro atoms. The van der Waals surface area contributed by atoms with Gasteiger partial charge in [0.25, 0.3) is 0 Å². The van der Waals surface area contributed by atoms with Gasteiger partial charge in [0, 0.05) is 18.5 Å². The molecule has 1 amide bonds. The Bertz CT molecular complexity index is 731. The van der Waals surface area contributed by atoms with Crippen LogP contribution in [-0.4, -0.2) is 38.5 Å². The maximum atomic E-state index is 12.5. The van der Waals surface area contributed by atoms with Gasteiger partial charge in [0.15, 0.2) is 0 Å². The second kappa shape index (κ2) is 5.67. The van der Waals surface area contributed by atoms with Crippen LogP contribution in [0.15, 0.2) is 15.3 Å². The van der Waals surface area contributed by atoms with Crippen molar-refractivity contribution in [1.82, 2.24) is 20.3 Å². The first-order valence-electron chi connectivity index (χ1n) is 7.45. The van der Waals surface area contributed by atoms with E-state index in [9.17, 15) is 4.79 Å². The first-order valence-corrected chi connectivity index (χ1v) is 8.24. The zero-order valence-electron chi connectivity index (χ0n) is 13.5. The molecule has 0 radical (unpaired) electrons. The van der Waals surface area contributed by atoms with Crippen molar-refractivity contribution in [3.8, 4) is 11.4 Å². The van der Waals surface area contributed by atoms with Crippen LogP contribution >= 0.6 is 15.9 Å². The number of aromatic amines is 1. The molecule has 1 N–H and O–H groups in total. The van der Waals surface area contributed by atoms with Crippen LogP contribution in [0.4, 0.5) is 4.79 Å². The molecule has 2 aromatic heterocycles. The van der Waals surface area contributed by atoms with E-state index in [1.54, 1.807) is 4.90 Å². The number of hydrogen-bond donors (Lipinski definition) is 1. The van der Waals surface area contributed by atoms with Gasteiger partial charge in [-0.05, 0) is 43.6 Å². The third-order valence-corrected chi connectivity index (χ3v) is 4.31. The molecule has 23 heavy (non-hydrogen) atoms. The minimum absolute atomic E-state index is 0.161. The predicted molar refractivity (Wildman–Crippen MR) is 86.8 cm³/mol. The van der Waals surface area contributed by atoms with Gasteiger partial charge in [0.2, 0.25) is 0 Å². The molecule has 0 fully saturated rings. The van der Waals surface area contributed by atoms with Crippen molar-refractivity contribution in [2.24, 2.45) is 0 Å². The molecular formula is C15H19BrN4O3. The first-order chi connectivity index (χ1) is 10.8. The smallest absolute Gasteiger partial charge is 0.410 e. The molecule has 7 nitrogen and oxygen atoms in total. The van der Waals surface area contributed by atoms with Crippen molar-refractivity contribution in [2.75, 3.05) is 6.54 Å². The number of carbonyl (C=O) groups is 1. The molecule has 3 heterocycles. The van der Waals surface area contributed by atoms with E-state index in [0.717, 1.165) is 21.4 Å². The lowest BCUT2D eigenvalue weighted by molar-refractivity contribution is 0.0160. The summed E-state index contributed by atoms with van der Waals surface area (Å²) in [5, 5.41) is 11.4. The Morgan fingerprint density at radius 3 is 2.87 bits per heavy atom.